The summed E-state index contributed by atoms with van der Waals surface area (Å²) in [5.41, 5.74) is 7.66. The molecule has 2 aromatic rings. The molecule has 3 rings (SSSR count). The van der Waals surface area contributed by atoms with E-state index in [0.29, 0.717) is 17.3 Å². The first-order valence-electron chi connectivity index (χ1n) is 8.55. The van der Waals surface area contributed by atoms with E-state index >= 15 is 0 Å². The van der Waals surface area contributed by atoms with E-state index in [9.17, 15) is 0 Å². The minimum Gasteiger partial charge on any atom is -0.323 e. The van der Waals surface area contributed by atoms with Crippen LogP contribution in [0.15, 0.2) is 53.2 Å². The Kier molecular flexibility index (Phi) is 4.56. The number of fused-ring (bicyclic) bond motifs is 1. The van der Waals surface area contributed by atoms with Crippen molar-refractivity contribution in [2.24, 2.45) is 16.4 Å². The number of hydrogen-bond acceptors (Lipinski definition) is 3. The molecule has 1 aliphatic carbocycles. The monoisotopic (exact) mass is 322 g/mol. The largest absolute Gasteiger partial charge is 0.323 e. The fourth-order valence-electron chi connectivity index (χ4n) is 3.40. The van der Waals surface area contributed by atoms with Crippen LogP contribution in [0.1, 0.15) is 40.5 Å². The Morgan fingerprint density at radius 1 is 1.38 bits per heavy atom. The van der Waals surface area contributed by atoms with Crippen molar-refractivity contribution < 1.29 is 0 Å². The van der Waals surface area contributed by atoms with Gasteiger partial charge in [0.25, 0.3) is 0 Å². The SMILES string of the molecule is CC1=CCCC(C)(C)C1C=CC(C)=NNc1nc2ccccc2[nH]1. The predicted octanol–water partition coefficient (Wildman–Crippen LogP) is 5.29. The number of nitrogens with one attached hydrogen (secondary N) is 2. The molecule has 0 aliphatic heterocycles. The van der Waals surface area contributed by atoms with Crippen LogP contribution in [0.25, 0.3) is 11.0 Å². The molecule has 1 aliphatic rings. The minimum absolute atomic E-state index is 0.307. The number of hydrogen-bond donors (Lipinski definition) is 2. The topological polar surface area (TPSA) is 53.1 Å². The van der Waals surface area contributed by atoms with Gasteiger partial charge in [0.05, 0.1) is 16.7 Å². The lowest BCUT2D eigenvalue weighted by molar-refractivity contribution is 0.255. The van der Waals surface area contributed by atoms with Gasteiger partial charge in [0.1, 0.15) is 0 Å². The average molecular weight is 322 g/mol. The molecule has 126 valence electrons. The quantitative estimate of drug-likeness (QED) is 0.456. The lowest BCUT2D eigenvalue weighted by Crippen LogP contribution is -2.26. The smallest absolute Gasteiger partial charge is 0.222 e. The zero-order valence-corrected chi connectivity index (χ0v) is 14.9. The number of aromatic nitrogens is 2. The van der Waals surface area contributed by atoms with Gasteiger partial charge >= 0.3 is 0 Å². The lowest BCUT2D eigenvalue weighted by atomic mass is 9.68. The number of H-pyrrole nitrogens is 1. The standard InChI is InChI=1S/C20H26N4/c1-14-8-7-13-20(3,4)16(14)12-11-15(2)23-24-19-21-17-9-5-6-10-18(17)22-19/h5-6,8-12,16H,7,13H2,1-4H3,(H2,21,22,24). The van der Waals surface area contributed by atoms with Gasteiger partial charge in [-0.3, -0.25) is 0 Å². The molecule has 0 saturated heterocycles. The van der Waals surface area contributed by atoms with Crippen LogP contribution in [0, 0.1) is 11.3 Å². The first-order chi connectivity index (χ1) is 11.5. The van der Waals surface area contributed by atoms with Crippen molar-refractivity contribution in [2.45, 2.75) is 40.5 Å². The molecule has 0 spiro atoms. The summed E-state index contributed by atoms with van der Waals surface area (Å²) in [7, 11) is 0. The van der Waals surface area contributed by atoms with Gasteiger partial charge < -0.3 is 4.98 Å². The van der Waals surface area contributed by atoms with Gasteiger partial charge in [-0.25, -0.2) is 10.4 Å². The Labute approximate surface area is 143 Å². The van der Waals surface area contributed by atoms with Crippen molar-refractivity contribution in [1.29, 1.82) is 0 Å². The van der Waals surface area contributed by atoms with Gasteiger partial charge in [0.15, 0.2) is 0 Å². The summed E-state index contributed by atoms with van der Waals surface area (Å²) >= 11 is 0. The van der Waals surface area contributed by atoms with Gasteiger partial charge in [0.2, 0.25) is 5.95 Å². The summed E-state index contributed by atoms with van der Waals surface area (Å²) in [6.45, 7) is 8.92. The molecule has 0 radical (unpaired) electrons. The molecule has 4 heteroatoms. The van der Waals surface area contributed by atoms with Crippen LogP contribution in [0.2, 0.25) is 0 Å². The van der Waals surface area contributed by atoms with Gasteiger partial charge in [-0.15, -0.1) is 0 Å². The average Bonchev–Trinajstić information content (AvgIpc) is 2.94. The van der Waals surface area contributed by atoms with Crippen molar-refractivity contribution in [2.75, 3.05) is 5.43 Å². The molecule has 0 amide bonds. The molecule has 0 bridgehead atoms. The van der Waals surface area contributed by atoms with Crippen molar-refractivity contribution in [1.82, 2.24) is 9.97 Å². The molecule has 1 heterocycles. The highest BCUT2D eigenvalue weighted by Gasteiger charge is 2.30. The molecule has 1 unspecified atom stereocenters. The highest BCUT2D eigenvalue weighted by molar-refractivity contribution is 5.93. The number of aromatic amines is 1. The number of hydrazone groups is 1. The van der Waals surface area contributed by atoms with Crippen molar-refractivity contribution in [3.63, 3.8) is 0 Å². The highest BCUT2D eigenvalue weighted by atomic mass is 15.4. The summed E-state index contributed by atoms with van der Waals surface area (Å²) in [6.07, 6.45) is 9.16. The number of rotatable bonds is 4. The first kappa shape index (κ1) is 16.5. The number of nitrogens with zero attached hydrogens (tertiary/aromatic N) is 2. The number of anilines is 1. The Morgan fingerprint density at radius 2 is 2.17 bits per heavy atom. The zero-order chi connectivity index (χ0) is 17.2. The lowest BCUT2D eigenvalue weighted by Gasteiger charge is -2.36. The van der Waals surface area contributed by atoms with Crippen LogP contribution < -0.4 is 5.43 Å². The third-order valence-electron chi connectivity index (χ3n) is 4.84. The Bertz CT molecular complexity index is 775. The van der Waals surface area contributed by atoms with Gasteiger partial charge in [-0.1, -0.05) is 43.7 Å². The van der Waals surface area contributed by atoms with E-state index in [4.69, 9.17) is 0 Å². The number of para-hydroxylation sites is 2. The summed E-state index contributed by atoms with van der Waals surface area (Å²) in [5.74, 6) is 1.14. The van der Waals surface area contributed by atoms with E-state index in [2.05, 4.69) is 59.5 Å². The van der Waals surface area contributed by atoms with E-state index in [0.717, 1.165) is 16.7 Å². The third-order valence-corrected chi connectivity index (χ3v) is 4.84. The molecular formula is C20H26N4. The van der Waals surface area contributed by atoms with E-state index in [-0.39, 0.29) is 0 Å². The maximum Gasteiger partial charge on any atom is 0.222 e. The van der Waals surface area contributed by atoms with Crippen molar-refractivity contribution >= 4 is 22.7 Å². The van der Waals surface area contributed by atoms with Crippen molar-refractivity contribution in [3.05, 3.63) is 48.1 Å². The molecular weight excluding hydrogens is 296 g/mol. The first-order valence-corrected chi connectivity index (χ1v) is 8.55. The van der Waals surface area contributed by atoms with Gasteiger partial charge in [-0.05, 0) is 50.3 Å². The second-order valence-electron chi connectivity index (χ2n) is 7.28. The Hall–Kier alpha value is -2.36. The maximum atomic E-state index is 4.46. The zero-order valence-electron chi connectivity index (χ0n) is 14.9. The molecule has 1 aromatic carbocycles. The van der Waals surface area contributed by atoms with E-state index in [1.807, 2.05) is 31.2 Å². The van der Waals surface area contributed by atoms with Gasteiger partial charge in [0, 0.05) is 5.92 Å². The second kappa shape index (κ2) is 6.63. The third kappa shape index (κ3) is 3.58. The predicted molar refractivity (Wildman–Crippen MR) is 102 cm³/mol. The summed E-state index contributed by atoms with van der Waals surface area (Å²) in [4.78, 5) is 7.68. The maximum absolute atomic E-state index is 4.46. The molecule has 1 atom stereocenters. The minimum atomic E-state index is 0.307. The van der Waals surface area contributed by atoms with Crippen molar-refractivity contribution in [3.8, 4) is 0 Å². The second-order valence-corrected chi connectivity index (χ2v) is 7.28. The van der Waals surface area contributed by atoms with E-state index < -0.39 is 0 Å². The fraction of sp³-hybridized carbons (Fsp3) is 0.400. The van der Waals surface area contributed by atoms with Crippen LogP contribution in [0.4, 0.5) is 5.95 Å². The number of imidazole rings is 1. The van der Waals surface area contributed by atoms with Crippen LogP contribution in [-0.4, -0.2) is 15.7 Å². The van der Waals surface area contributed by atoms with Crippen LogP contribution in [0.5, 0.6) is 0 Å². The summed E-state index contributed by atoms with van der Waals surface area (Å²) in [6, 6.07) is 7.95. The summed E-state index contributed by atoms with van der Waals surface area (Å²) < 4.78 is 0. The summed E-state index contributed by atoms with van der Waals surface area (Å²) in [5, 5.41) is 4.41. The fourth-order valence-corrected chi connectivity index (χ4v) is 3.40. The molecule has 1 aromatic heterocycles. The van der Waals surface area contributed by atoms with Crippen LogP contribution >= 0.6 is 0 Å². The highest BCUT2D eigenvalue weighted by Crippen LogP contribution is 2.41. The van der Waals surface area contributed by atoms with E-state index in [1.54, 1.807) is 0 Å². The van der Waals surface area contributed by atoms with E-state index in [1.165, 1.54) is 18.4 Å². The van der Waals surface area contributed by atoms with Crippen LogP contribution in [0.3, 0.4) is 0 Å². The normalized spacial score (nSPS) is 21.2. The number of benzene rings is 1. The molecule has 0 fully saturated rings. The van der Waals surface area contributed by atoms with Gasteiger partial charge in [-0.2, -0.15) is 5.10 Å². The Balaban J connectivity index is 1.69. The Morgan fingerprint density at radius 3 is 2.92 bits per heavy atom. The molecule has 0 saturated carbocycles. The number of allylic oxidation sites excluding steroid dienone is 4. The molecule has 24 heavy (non-hydrogen) atoms. The molecule has 4 nitrogen and oxygen atoms in total. The molecule has 2 N–H and O–H groups in total. The van der Waals surface area contributed by atoms with Crippen LogP contribution in [-0.2, 0) is 0 Å².